The monoisotopic (exact) mass is 344 g/mol. The molecule has 1 aromatic heterocycles. The van der Waals surface area contributed by atoms with Gasteiger partial charge in [0.15, 0.2) is 0 Å². The molecule has 2 unspecified atom stereocenters. The average molecular weight is 344 g/mol. The quantitative estimate of drug-likeness (QED) is 0.605. The topological polar surface area (TPSA) is 62.5 Å². The van der Waals surface area contributed by atoms with Gasteiger partial charge in [-0.2, -0.15) is 5.26 Å². The molecule has 1 aliphatic heterocycles. The number of terminal acetylenes is 1. The van der Waals surface area contributed by atoms with Crippen LogP contribution in [0.2, 0.25) is 0 Å². The molecule has 2 rings (SSSR count). The van der Waals surface area contributed by atoms with Gasteiger partial charge in [0.05, 0.1) is 24.0 Å². The van der Waals surface area contributed by atoms with Gasteiger partial charge in [0.1, 0.15) is 10.9 Å². The van der Waals surface area contributed by atoms with Crippen LogP contribution in [0.4, 0.5) is 0 Å². The van der Waals surface area contributed by atoms with Crippen molar-refractivity contribution in [1.29, 1.82) is 5.26 Å². The molecule has 4 nitrogen and oxygen atoms in total. The van der Waals surface area contributed by atoms with E-state index in [2.05, 4.69) is 17.0 Å². The first-order valence-electron chi connectivity index (χ1n) is 7.09. The number of nitriles is 1. The Hall–Kier alpha value is -2.02. The molecular formula is C17H16N2O2S2. The van der Waals surface area contributed by atoms with Crippen molar-refractivity contribution in [3.05, 3.63) is 33.0 Å². The third kappa shape index (κ3) is 3.67. The fraction of sp³-hybridized carbons (Fsp3) is 0.353. The molecule has 2 atom stereocenters. The van der Waals surface area contributed by atoms with E-state index >= 15 is 0 Å². The fourth-order valence-electron chi connectivity index (χ4n) is 2.48. The number of hydrogen-bond donors (Lipinski definition) is 0. The highest BCUT2D eigenvalue weighted by molar-refractivity contribution is 8.03. The summed E-state index contributed by atoms with van der Waals surface area (Å²) in [6.07, 6.45) is 5.31. The van der Waals surface area contributed by atoms with E-state index in [1.807, 2.05) is 17.5 Å². The number of hydrogen-bond acceptors (Lipinski definition) is 6. The summed E-state index contributed by atoms with van der Waals surface area (Å²) in [6, 6.07) is 6.07. The lowest BCUT2D eigenvalue weighted by atomic mass is 9.81. The smallest absolute Gasteiger partial charge is 0.315 e. The fourth-order valence-corrected chi connectivity index (χ4v) is 4.11. The molecule has 0 saturated carbocycles. The van der Waals surface area contributed by atoms with Crippen molar-refractivity contribution in [2.45, 2.75) is 19.8 Å². The van der Waals surface area contributed by atoms with Gasteiger partial charge >= 0.3 is 5.97 Å². The van der Waals surface area contributed by atoms with Crippen molar-refractivity contribution in [2.75, 3.05) is 12.4 Å². The summed E-state index contributed by atoms with van der Waals surface area (Å²) in [5, 5.41) is 12.2. The van der Waals surface area contributed by atoms with Crippen molar-refractivity contribution in [1.82, 2.24) is 0 Å². The molecule has 6 heteroatoms. The molecule has 23 heavy (non-hydrogen) atoms. The summed E-state index contributed by atoms with van der Waals surface area (Å²) in [5.41, 5.74) is 1.14. The summed E-state index contributed by atoms with van der Waals surface area (Å²) < 4.78 is 5.20. The van der Waals surface area contributed by atoms with E-state index in [-0.39, 0.29) is 11.9 Å². The van der Waals surface area contributed by atoms with E-state index in [1.54, 1.807) is 13.8 Å². The lowest BCUT2D eigenvalue weighted by molar-refractivity contribution is -0.145. The lowest BCUT2D eigenvalue weighted by Gasteiger charge is -2.29. The Morgan fingerprint density at radius 3 is 2.96 bits per heavy atom. The molecule has 0 aliphatic carbocycles. The number of allylic oxidation sites excluding steroid dienone is 1. The third-order valence-electron chi connectivity index (χ3n) is 3.41. The number of aliphatic imine (C=N–C) groups is 1. The van der Waals surface area contributed by atoms with Crippen molar-refractivity contribution in [3.63, 3.8) is 0 Å². The normalized spacial score (nSPS) is 20.4. The van der Waals surface area contributed by atoms with Crippen LogP contribution in [0.15, 0.2) is 33.1 Å². The first kappa shape index (κ1) is 17.3. The number of ether oxygens (including phenoxy) is 1. The Balaban J connectivity index is 2.53. The second-order valence-corrected chi connectivity index (χ2v) is 6.74. The predicted octanol–water partition coefficient (Wildman–Crippen LogP) is 3.59. The van der Waals surface area contributed by atoms with Crippen LogP contribution in [-0.2, 0) is 9.53 Å². The summed E-state index contributed by atoms with van der Waals surface area (Å²) >= 11 is 2.87. The maximum absolute atomic E-state index is 12.4. The molecule has 0 amide bonds. The molecule has 1 aromatic rings. The molecular weight excluding hydrogens is 328 g/mol. The highest BCUT2D eigenvalue weighted by Crippen LogP contribution is 2.43. The van der Waals surface area contributed by atoms with Crippen LogP contribution >= 0.6 is 23.1 Å². The second-order valence-electron chi connectivity index (χ2n) is 4.80. The number of esters is 1. The van der Waals surface area contributed by atoms with E-state index in [9.17, 15) is 10.1 Å². The van der Waals surface area contributed by atoms with Crippen LogP contribution in [0, 0.1) is 29.6 Å². The zero-order valence-corrected chi connectivity index (χ0v) is 14.5. The molecule has 0 radical (unpaired) electrons. The molecule has 0 N–H and O–H groups in total. The summed E-state index contributed by atoms with van der Waals surface area (Å²) in [7, 11) is 0. The first-order valence-corrected chi connectivity index (χ1v) is 8.96. The number of thioether (sulfide) groups is 1. The standard InChI is InChI=1S/C17H16N2O2S2/c1-4-8-23-16-12(10-18)15(13-7-6-9-22-13)14(11(3)19-16)17(20)21-5-2/h1,6-7,9,14-15H,5,8H2,2-3H3. The Bertz CT molecular complexity index is 721. The molecule has 0 fully saturated rings. The zero-order valence-electron chi connectivity index (χ0n) is 12.9. The van der Waals surface area contributed by atoms with Crippen LogP contribution in [0.5, 0.6) is 0 Å². The minimum absolute atomic E-state index is 0.296. The van der Waals surface area contributed by atoms with Crippen LogP contribution < -0.4 is 0 Å². The minimum atomic E-state index is -0.571. The maximum Gasteiger partial charge on any atom is 0.315 e. The maximum atomic E-state index is 12.4. The first-order chi connectivity index (χ1) is 11.1. The Morgan fingerprint density at radius 2 is 2.39 bits per heavy atom. The van der Waals surface area contributed by atoms with Gasteiger partial charge in [-0.05, 0) is 25.3 Å². The number of thiophene rings is 1. The van der Waals surface area contributed by atoms with E-state index in [4.69, 9.17) is 11.2 Å². The van der Waals surface area contributed by atoms with Gasteiger partial charge in [-0.3, -0.25) is 4.79 Å². The molecule has 0 saturated heterocycles. The van der Waals surface area contributed by atoms with E-state index in [1.165, 1.54) is 23.1 Å². The van der Waals surface area contributed by atoms with Crippen molar-refractivity contribution in [2.24, 2.45) is 10.9 Å². The Morgan fingerprint density at radius 1 is 1.61 bits per heavy atom. The number of carbonyl (C=O) groups excluding carboxylic acids is 1. The zero-order chi connectivity index (χ0) is 16.8. The van der Waals surface area contributed by atoms with Gasteiger partial charge < -0.3 is 4.74 Å². The molecule has 118 valence electrons. The molecule has 0 aromatic carbocycles. The lowest BCUT2D eigenvalue weighted by Crippen LogP contribution is -2.33. The van der Waals surface area contributed by atoms with E-state index < -0.39 is 5.92 Å². The van der Waals surface area contributed by atoms with Gasteiger partial charge in [-0.1, -0.05) is 23.7 Å². The van der Waals surface area contributed by atoms with E-state index in [0.717, 1.165) is 4.88 Å². The van der Waals surface area contributed by atoms with Crippen LogP contribution in [0.25, 0.3) is 0 Å². The molecule has 0 spiro atoms. The summed E-state index contributed by atoms with van der Waals surface area (Å²) in [6.45, 7) is 3.86. The largest absolute Gasteiger partial charge is 0.465 e. The SMILES string of the molecule is C#CCSC1=C(C#N)C(c2cccs2)C(C(=O)OCC)C(C)=N1. The predicted molar refractivity (Wildman–Crippen MR) is 94.2 cm³/mol. The van der Waals surface area contributed by atoms with Crippen molar-refractivity contribution < 1.29 is 9.53 Å². The van der Waals surface area contributed by atoms with Crippen molar-refractivity contribution in [3.8, 4) is 18.4 Å². The molecule has 2 heterocycles. The van der Waals surface area contributed by atoms with Gasteiger partial charge in [0.2, 0.25) is 0 Å². The van der Waals surface area contributed by atoms with Gasteiger partial charge in [0.25, 0.3) is 0 Å². The minimum Gasteiger partial charge on any atom is -0.465 e. The Kier molecular flexibility index (Phi) is 6.04. The summed E-state index contributed by atoms with van der Waals surface area (Å²) in [4.78, 5) is 17.8. The number of carbonyl (C=O) groups is 1. The van der Waals surface area contributed by atoms with Crippen LogP contribution in [-0.4, -0.2) is 24.0 Å². The van der Waals surface area contributed by atoms with Gasteiger partial charge in [-0.25, -0.2) is 4.99 Å². The highest BCUT2D eigenvalue weighted by atomic mass is 32.2. The third-order valence-corrected chi connectivity index (χ3v) is 5.26. The van der Waals surface area contributed by atoms with Gasteiger partial charge in [0, 0.05) is 16.5 Å². The second kappa shape index (κ2) is 8.01. The van der Waals surface area contributed by atoms with Crippen LogP contribution in [0.1, 0.15) is 24.6 Å². The molecule has 0 bridgehead atoms. The van der Waals surface area contributed by atoms with E-state index in [0.29, 0.717) is 28.7 Å². The number of rotatable bonds is 5. The molecule has 1 aliphatic rings. The van der Waals surface area contributed by atoms with Crippen molar-refractivity contribution >= 4 is 34.8 Å². The van der Waals surface area contributed by atoms with Gasteiger partial charge in [-0.15, -0.1) is 17.8 Å². The summed E-state index contributed by atoms with van der Waals surface area (Å²) in [5.74, 6) is 1.69. The van der Waals surface area contributed by atoms with Crippen LogP contribution in [0.3, 0.4) is 0 Å². The Labute approximate surface area is 144 Å². The number of nitrogens with zero attached hydrogens (tertiary/aromatic N) is 2. The average Bonchev–Trinajstić information content (AvgIpc) is 3.06. The highest BCUT2D eigenvalue weighted by Gasteiger charge is 2.40.